The minimum absolute atomic E-state index is 0.106. The average Bonchev–Trinajstić information content (AvgIpc) is 2.37. The van der Waals surface area contributed by atoms with Gasteiger partial charge in [-0.15, -0.1) is 11.8 Å². The lowest BCUT2D eigenvalue weighted by molar-refractivity contribution is 0.594. The SMILES string of the molecule is CCCCCSc1cc(C)c(F)cc1C(C)NC. The van der Waals surface area contributed by atoms with Crippen LogP contribution in [0.15, 0.2) is 17.0 Å². The van der Waals surface area contributed by atoms with Crippen molar-refractivity contribution < 1.29 is 4.39 Å². The van der Waals surface area contributed by atoms with E-state index in [1.165, 1.54) is 24.2 Å². The average molecular weight is 269 g/mol. The fraction of sp³-hybridized carbons (Fsp3) is 0.600. The lowest BCUT2D eigenvalue weighted by atomic mass is 10.1. The zero-order valence-corrected chi connectivity index (χ0v) is 12.7. The van der Waals surface area contributed by atoms with E-state index in [4.69, 9.17) is 0 Å². The summed E-state index contributed by atoms with van der Waals surface area (Å²) < 4.78 is 13.7. The molecule has 1 unspecified atom stereocenters. The molecule has 0 saturated carbocycles. The van der Waals surface area contributed by atoms with Gasteiger partial charge in [0.1, 0.15) is 5.82 Å². The molecule has 0 fully saturated rings. The molecule has 1 nitrogen and oxygen atoms in total. The predicted octanol–water partition coefficient (Wildman–Crippen LogP) is 4.70. The van der Waals surface area contributed by atoms with Crippen molar-refractivity contribution in [1.29, 1.82) is 0 Å². The molecular formula is C15H24FNS. The Morgan fingerprint density at radius 3 is 2.67 bits per heavy atom. The third-order valence-corrected chi connectivity index (χ3v) is 4.35. The Morgan fingerprint density at radius 2 is 2.06 bits per heavy atom. The Hall–Kier alpha value is -0.540. The molecule has 0 aliphatic rings. The third kappa shape index (κ3) is 4.29. The van der Waals surface area contributed by atoms with Crippen LogP contribution in [0.3, 0.4) is 0 Å². The van der Waals surface area contributed by atoms with Gasteiger partial charge in [0.2, 0.25) is 0 Å². The summed E-state index contributed by atoms with van der Waals surface area (Å²) in [6.45, 7) is 6.11. The molecule has 0 heterocycles. The third-order valence-electron chi connectivity index (χ3n) is 3.20. The lowest BCUT2D eigenvalue weighted by Crippen LogP contribution is -2.14. The molecule has 0 bridgehead atoms. The molecule has 1 aromatic carbocycles. The fourth-order valence-electron chi connectivity index (χ4n) is 1.82. The summed E-state index contributed by atoms with van der Waals surface area (Å²) in [5.74, 6) is 1.01. The summed E-state index contributed by atoms with van der Waals surface area (Å²) in [7, 11) is 1.91. The van der Waals surface area contributed by atoms with Gasteiger partial charge in [0.25, 0.3) is 0 Å². The highest BCUT2D eigenvalue weighted by atomic mass is 32.2. The monoisotopic (exact) mass is 269 g/mol. The normalized spacial score (nSPS) is 12.7. The molecule has 0 aromatic heterocycles. The smallest absolute Gasteiger partial charge is 0.126 e. The molecule has 0 spiro atoms. The quantitative estimate of drug-likeness (QED) is 0.569. The Labute approximate surface area is 115 Å². The van der Waals surface area contributed by atoms with E-state index < -0.39 is 0 Å². The van der Waals surface area contributed by atoms with Crippen molar-refractivity contribution in [3.8, 4) is 0 Å². The van der Waals surface area contributed by atoms with Gasteiger partial charge in [-0.3, -0.25) is 0 Å². The van der Waals surface area contributed by atoms with Gasteiger partial charge in [-0.25, -0.2) is 4.39 Å². The van der Waals surface area contributed by atoms with Crippen molar-refractivity contribution >= 4 is 11.8 Å². The first-order valence-electron chi connectivity index (χ1n) is 6.70. The van der Waals surface area contributed by atoms with E-state index in [-0.39, 0.29) is 11.9 Å². The highest BCUT2D eigenvalue weighted by Gasteiger charge is 2.12. The van der Waals surface area contributed by atoms with E-state index in [2.05, 4.69) is 19.2 Å². The topological polar surface area (TPSA) is 12.0 Å². The maximum absolute atomic E-state index is 13.7. The van der Waals surface area contributed by atoms with Crippen molar-refractivity contribution in [2.45, 2.75) is 51.0 Å². The van der Waals surface area contributed by atoms with Crippen molar-refractivity contribution in [2.75, 3.05) is 12.8 Å². The van der Waals surface area contributed by atoms with Crippen molar-refractivity contribution in [3.05, 3.63) is 29.1 Å². The van der Waals surface area contributed by atoms with Crippen LogP contribution >= 0.6 is 11.8 Å². The fourth-order valence-corrected chi connectivity index (χ4v) is 3.05. The molecule has 1 aromatic rings. The molecule has 1 atom stereocenters. The largest absolute Gasteiger partial charge is 0.313 e. The van der Waals surface area contributed by atoms with Gasteiger partial charge in [-0.1, -0.05) is 19.8 Å². The number of thioether (sulfide) groups is 1. The number of hydrogen-bond acceptors (Lipinski definition) is 2. The summed E-state index contributed by atoms with van der Waals surface area (Å²) in [5, 5.41) is 3.19. The highest BCUT2D eigenvalue weighted by molar-refractivity contribution is 7.99. The predicted molar refractivity (Wildman–Crippen MR) is 78.9 cm³/mol. The van der Waals surface area contributed by atoms with Crippen molar-refractivity contribution in [1.82, 2.24) is 5.32 Å². The first-order valence-corrected chi connectivity index (χ1v) is 7.68. The van der Waals surface area contributed by atoms with Crippen molar-refractivity contribution in [3.63, 3.8) is 0 Å². The Morgan fingerprint density at radius 1 is 1.33 bits per heavy atom. The minimum atomic E-state index is -0.106. The minimum Gasteiger partial charge on any atom is -0.313 e. The molecular weight excluding hydrogens is 245 g/mol. The van der Waals surface area contributed by atoms with Crippen LogP contribution in [-0.2, 0) is 0 Å². The first kappa shape index (κ1) is 15.5. The van der Waals surface area contributed by atoms with Crippen molar-refractivity contribution in [2.24, 2.45) is 0 Å². The summed E-state index contributed by atoms with van der Waals surface area (Å²) in [4.78, 5) is 1.21. The molecule has 1 rings (SSSR count). The van der Waals surface area contributed by atoms with Crippen LogP contribution in [0.5, 0.6) is 0 Å². The number of aryl methyl sites for hydroxylation is 1. The van der Waals surface area contributed by atoms with E-state index in [0.29, 0.717) is 0 Å². The molecule has 0 saturated heterocycles. The second-order valence-corrected chi connectivity index (χ2v) is 5.84. The van der Waals surface area contributed by atoms with Gasteiger partial charge in [0.15, 0.2) is 0 Å². The summed E-state index contributed by atoms with van der Waals surface area (Å²) >= 11 is 1.85. The molecule has 0 radical (unpaired) electrons. The number of halogens is 1. The van der Waals surface area contributed by atoms with Crippen LogP contribution < -0.4 is 5.32 Å². The van der Waals surface area contributed by atoms with E-state index in [9.17, 15) is 4.39 Å². The standard InChI is InChI=1S/C15H24FNS/c1-5-6-7-8-18-15-9-11(2)14(16)10-13(15)12(3)17-4/h9-10,12,17H,5-8H2,1-4H3. The zero-order chi connectivity index (χ0) is 13.5. The van der Waals surface area contributed by atoms with Crippen LogP contribution in [0, 0.1) is 12.7 Å². The number of benzene rings is 1. The van der Waals surface area contributed by atoms with E-state index in [0.717, 1.165) is 16.9 Å². The molecule has 3 heteroatoms. The van der Waals surface area contributed by atoms with Crippen LogP contribution in [0.25, 0.3) is 0 Å². The van der Waals surface area contributed by atoms with E-state index in [1.54, 1.807) is 6.07 Å². The van der Waals surface area contributed by atoms with Crippen LogP contribution in [0.4, 0.5) is 4.39 Å². The molecule has 0 aliphatic carbocycles. The molecule has 1 N–H and O–H groups in total. The summed E-state index contributed by atoms with van der Waals surface area (Å²) in [6.07, 6.45) is 3.73. The van der Waals surface area contributed by atoms with Crippen LogP contribution in [-0.4, -0.2) is 12.8 Å². The first-order chi connectivity index (χ1) is 8.60. The van der Waals surface area contributed by atoms with Gasteiger partial charge in [0, 0.05) is 10.9 Å². The van der Waals surface area contributed by atoms with Gasteiger partial charge >= 0.3 is 0 Å². The number of hydrogen-bond donors (Lipinski definition) is 1. The Bertz CT molecular complexity index is 379. The highest BCUT2D eigenvalue weighted by Crippen LogP contribution is 2.30. The molecule has 102 valence electrons. The number of unbranched alkanes of at least 4 members (excludes halogenated alkanes) is 2. The van der Waals surface area contributed by atoms with Gasteiger partial charge in [-0.05, 0) is 56.3 Å². The van der Waals surface area contributed by atoms with E-state index in [1.807, 2.05) is 31.8 Å². The molecule has 0 amide bonds. The van der Waals surface area contributed by atoms with Gasteiger partial charge in [-0.2, -0.15) is 0 Å². The second-order valence-electron chi connectivity index (χ2n) is 4.71. The molecule has 0 aliphatic heterocycles. The maximum atomic E-state index is 13.7. The lowest BCUT2D eigenvalue weighted by Gasteiger charge is -2.17. The zero-order valence-electron chi connectivity index (χ0n) is 11.8. The van der Waals surface area contributed by atoms with Gasteiger partial charge in [0.05, 0.1) is 0 Å². The summed E-state index contributed by atoms with van der Waals surface area (Å²) in [5.41, 5.74) is 1.81. The number of nitrogens with one attached hydrogen (secondary N) is 1. The van der Waals surface area contributed by atoms with Gasteiger partial charge < -0.3 is 5.32 Å². The number of rotatable bonds is 7. The Balaban J connectivity index is 2.83. The van der Waals surface area contributed by atoms with E-state index >= 15 is 0 Å². The van der Waals surface area contributed by atoms with Crippen LogP contribution in [0.1, 0.15) is 50.3 Å². The summed E-state index contributed by atoms with van der Waals surface area (Å²) in [6, 6.07) is 3.85. The maximum Gasteiger partial charge on any atom is 0.126 e. The molecule has 18 heavy (non-hydrogen) atoms. The van der Waals surface area contributed by atoms with Crippen LogP contribution in [0.2, 0.25) is 0 Å². The second kappa shape index (κ2) is 7.80. The Kier molecular flexibility index (Phi) is 6.72.